The van der Waals surface area contributed by atoms with Crippen LogP contribution < -0.4 is 15.5 Å². The van der Waals surface area contributed by atoms with E-state index in [-0.39, 0.29) is 5.82 Å². The lowest BCUT2D eigenvalue weighted by Gasteiger charge is -2.36. The van der Waals surface area contributed by atoms with Crippen molar-refractivity contribution in [1.82, 2.24) is 15.5 Å². The van der Waals surface area contributed by atoms with Crippen molar-refractivity contribution >= 4 is 11.6 Å². The fourth-order valence-corrected chi connectivity index (χ4v) is 2.78. The van der Waals surface area contributed by atoms with Crippen LogP contribution >= 0.6 is 0 Å². The van der Waals surface area contributed by atoms with Crippen molar-refractivity contribution in [2.24, 2.45) is 4.99 Å². The molecule has 2 N–H and O–H groups in total. The van der Waals surface area contributed by atoms with Gasteiger partial charge < -0.3 is 15.5 Å². The van der Waals surface area contributed by atoms with E-state index in [0.29, 0.717) is 0 Å². The molecule has 24 heavy (non-hydrogen) atoms. The van der Waals surface area contributed by atoms with E-state index in [1.807, 2.05) is 12.1 Å². The number of hydrogen-bond donors (Lipinski definition) is 2. The Bertz CT molecular complexity index is 495. The second-order valence-electron chi connectivity index (χ2n) is 5.99. The Labute approximate surface area is 144 Å². The maximum atomic E-state index is 13.0. The van der Waals surface area contributed by atoms with Gasteiger partial charge >= 0.3 is 0 Å². The van der Waals surface area contributed by atoms with Crippen molar-refractivity contribution in [2.75, 3.05) is 57.3 Å². The quantitative estimate of drug-likeness (QED) is 0.590. The van der Waals surface area contributed by atoms with E-state index < -0.39 is 0 Å². The minimum Gasteiger partial charge on any atom is -0.369 e. The van der Waals surface area contributed by atoms with E-state index in [9.17, 15) is 4.39 Å². The summed E-state index contributed by atoms with van der Waals surface area (Å²) >= 11 is 0. The first-order chi connectivity index (χ1) is 11.7. The van der Waals surface area contributed by atoms with Crippen LogP contribution in [-0.4, -0.2) is 63.2 Å². The van der Waals surface area contributed by atoms with Gasteiger partial charge in [-0.3, -0.25) is 9.89 Å². The van der Waals surface area contributed by atoms with Crippen molar-refractivity contribution in [1.29, 1.82) is 0 Å². The molecule has 0 bridgehead atoms. The third-order valence-electron chi connectivity index (χ3n) is 4.12. The maximum Gasteiger partial charge on any atom is 0.191 e. The third-order valence-corrected chi connectivity index (χ3v) is 4.12. The Balaban J connectivity index is 1.70. The molecule has 1 aliphatic heterocycles. The number of hydrogen-bond acceptors (Lipinski definition) is 3. The molecule has 0 saturated carbocycles. The zero-order valence-corrected chi connectivity index (χ0v) is 14.9. The first kappa shape index (κ1) is 18.5. The first-order valence-electron chi connectivity index (χ1n) is 8.98. The minimum atomic E-state index is -0.176. The number of piperazine rings is 1. The molecular formula is C18H30FN5. The number of aliphatic imine (C=N–C) groups is 1. The summed E-state index contributed by atoms with van der Waals surface area (Å²) in [6.07, 6.45) is 1.06. The summed E-state index contributed by atoms with van der Waals surface area (Å²) < 4.78 is 13.0. The Morgan fingerprint density at radius 3 is 2.42 bits per heavy atom. The lowest BCUT2D eigenvalue weighted by molar-refractivity contribution is 0.261. The number of anilines is 1. The van der Waals surface area contributed by atoms with E-state index in [2.05, 4.69) is 39.3 Å². The van der Waals surface area contributed by atoms with Crippen LogP contribution in [0.3, 0.4) is 0 Å². The maximum absolute atomic E-state index is 13.0. The van der Waals surface area contributed by atoms with Gasteiger partial charge in [-0.25, -0.2) is 4.39 Å². The van der Waals surface area contributed by atoms with Crippen molar-refractivity contribution in [3.05, 3.63) is 30.1 Å². The van der Waals surface area contributed by atoms with E-state index in [1.165, 1.54) is 12.1 Å². The molecule has 1 saturated heterocycles. The Hall–Kier alpha value is -1.82. The standard InChI is InChI=1S/C18H30FN5/c1-3-9-21-18(20-4-2)22-10-11-23-12-14-24(15-13-23)17-7-5-16(19)6-8-17/h5-8H,3-4,9-15H2,1-2H3,(H2,20,21,22). The Kier molecular flexibility index (Phi) is 7.82. The molecule has 0 amide bonds. The van der Waals surface area contributed by atoms with Crippen LogP contribution in [0.15, 0.2) is 29.3 Å². The smallest absolute Gasteiger partial charge is 0.191 e. The number of benzene rings is 1. The number of halogens is 1. The zero-order valence-electron chi connectivity index (χ0n) is 14.9. The van der Waals surface area contributed by atoms with Gasteiger partial charge in [-0.15, -0.1) is 0 Å². The third kappa shape index (κ3) is 6.00. The molecular weight excluding hydrogens is 305 g/mol. The Morgan fingerprint density at radius 1 is 1.08 bits per heavy atom. The zero-order chi connectivity index (χ0) is 17.2. The summed E-state index contributed by atoms with van der Waals surface area (Å²) in [5.41, 5.74) is 1.11. The van der Waals surface area contributed by atoms with E-state index in [4.69, 9.17) is 0 Å². The highest BCUT2D eigenvalue weighted by Gasteiger charge is 2.16. The second-order valence-corrected chi connectivity index (χ2v) is 5.99. The molecule has 2 rings (SSSR count). The van der Waals surface area contributed by atoms with Crippen LogP contribution in [0.25, 0.3) is 0 Å². The largest absolute Gasteiger partial charge is 0.369 e. The summed E-state index contributed by atoms with van der Waals surface area (Å²) in [6, 6.07) is 6.78. The highest BCUT2D eigenvalue weighted by Crippen LogP contribution is 2.16. The molecule has 5 nitrogen and oxygen atoms in total. The molecule has 0 aliphatic carbocycles. The van der Waals surface area contributed by atoms with E-state index >= 15 is 0 Å². The molecule has 1 heterocycles. The average Bonchev–Trinajstić information content (AvgIpc) is 2.61. The fourth-order valence-electron chi connectivity index (χ4n) is 2.78. The van der Waals surface area contributed by atoms with Crippen LogP contribution in [0.5, 0.6) is 0 Å². The van der Waals surface area contributed by atoms with Gasteiger partial charge in [0.2, 0.25) is 0 Å². The van der Waals surface area contributed by atoms with Gasteiger partial charge in [0.1, 0.15) is 5.82 Å². The average molecular weight is 335 g/mol. The number of nitrogens with zero attached hydrogens (tertiary/aromatic N) is 3. The SMILES string of the molecule is CCCN=C(NCC)NCCN1CCN(c2ccc(F)cc2)CC1. The Morgan fingerprint density at radius 2 is 1.79 bits per heavy atom. The predicted molar refractivity (Wildman–Crippen MR) is 99.3 cm³/mol. The molecule has 0 spiro atoms. The molecule has 1 fully saturated rings. The summed E-state index contributed by atoms with van der Waals surface area (Å²) in [5.74, 6) is 0.731. The van der Waals surface area contributed by atoms with Gasteiger partial charge in [-0.05, 0) is 37.6 Å². The van der Waals surface area contributed by atoms with Gasteiger partial charge in [-0.2, -0.15) is 0 Å². The predicted octanol–water partition coefficient (Wildman–Crippen LogP) is 1.91. The lowest BCUT2D eigenvalue weighted by atomic mass is 10.2. The summed E-state index contributed by atoms with van der Waals surface area (Å²) in [6.45, 7) is 11.9. The van der Waals surface area contributed by atoms with Crippen LogP contribution in [0.4, 0.5) is 10.1 Å². The van der Waals surface area contributed by atoms with Gasteiger partial charge in [0, 0.05) is 58.0 Å². The normalized spacial score (nSPS) is 16.3. The molecule has 0 radical (unpaired) electrons. The van der Waals surface area contributed by atoms with Gasteiger partial charge in [0.05, 0.1) is 0 Å². The van der Waals surface area contributed by atoms with E-state index in [0.717, 1.165) is 70.4 Å². The molecule has 1 aromatic rings. The van der Waals surface area contributed by atoms with Crippen LogP contribution in [-0.2, 0) is 0 Å². The molecule has 1 aromatic carbocycles. The summed E-state index contributed by atoms with van der Waals surface area (Å²) in [5, 5.41) is 6.66. The van der Waals surface area contributed by atoms with Crippen molar-refractivity contribution in [2.45, 2.75) is 20.3 Å². The number of nitrogens with one attached hydrogen (secondary N) is 2. The summed E-state index contributed by atoms with van der Waals surface area (Å²) in [7, 11) is 0. The molecule has 1 aliphatic rings. The van der Waals surface area contributed by atoms with Crippen molar-refractivity contribution in [3.63, 3.8) is 0 Å². The highest BCUT2D eigenvalue weighted by molar-refractivity contribution is 5.79. The number of rotatable bonds is 7. The molecule has 134 valence electrons. The van der Waals surface area contributed by atoms with Crippen LogP contribution in [0, 0.1) is 5.82 Å². The van der Waals surface area contributed by atoms with Crippen LogP contribution in [0.1, 0.15) is 20.3 Å². The van der Waals surface area contributed by atoms with Gasteiger partial charge in [0.15, 0.2) is 5.96 Å². The van der Waals surface area contributed by atoms with Gasteiger partial charge in [0.25, 0.3) is 0 Å². The summed E-state index contributed by atoms with van der Waals surface area (Å²) in [4.78, 5) is 9.28. The van der Waals surface area contributed by atoms with Crippen molar-refractivity contribution in [3.8, 4) is 0 Å². The number of guanidine groups is 1. The molecule has 0 unspecified atom stereocenters. The van der Waals surface area contributed by atoms with Gasteiger partial charge in [-0.1, -0.05) is 6.92 Å². The fraction of sp³-hybridized carbons (Fsp3) is 0.611. The molecule has 0 atom stereocenters. The second kappa shape index (κ2) is 10.1. The minimum absolute atomic E-state index is 0.176. The monoisotopic (exact) mass is 335 g/mol. The van der Waals surface area contributed by atoms with Crippen molar-refractivity contribution < 1.29 is 4.39 Å². The molecule has 0 aromatic heterocycles. The first-order valence-corrected chi connectivity index (χ1v) is 8.98. The van der Waals surface area contributed by atoms with Crippen LogP contribution in [0.2, 0.25) is 0 Å². The highest BCUT2D eigenvalue weighted by atomic mass is 19.1. The topological polar surface area (TPSA) is 42.9 Å². The lowest BCUT2D eigenvalue weighted by Crippen LogP contribution is -2.49. The molecule has 6 heteroatoms. The van der Waals surface area contributed by atoms with E-state index in [1.54, 1.807) is 0 Å².